The second-order valence-electron chi connectivity index (χ2n) is 4.28. The van der Waals surface area contributed by atoms with Crippen LogP contribution in [0.5, 0.6) is 5.75 Å². The third-order valence-corrected chi connectivity index (χ3v) is 2.97. The number of hydrogen-bond donors (Lipinski definition) is 3. The first-order valence-corrected chi connectivity index (χ1v) is 6.31. The van der Waals surface area contributed by atoms with Gasteiger partial charge in [0.25, 0.3) is 0 Å². The highest BCUT2D eigenvalue weighted by Crippen LogP contribution is 2.21. The maximum absolute atomic E-state index is 9.77. The number of nitrogens with zero attached hydrogens (tertiary/aromatic N) is 1. The van der Waals surface area contributed by atoms with Crippen LogP contribution in [0.3, 0.4) is 0 Å². The fourth-order valence-corrected chi connectivity index (χ4v) is 1.78. The van der Waals surface area contributed by atoms with Crippen LogP contribution in [0.15, 0.2) is 23.9 Å². The number of phenols is 1. The van der Waals surface area contributed by atoms with E-state index in [1.807, 2.05) is 12.1 Å². The predicted octanol–water partition coefficient (Wildman–Crippen LogP) is 1.49. The zero-order valence-electron chi connectivity index (χ0n) is 11.2. The topological polar surface area (TPSA) is 75.5 Å². The summed E-state index contributed by atoms with van der Waals surface area (Å²) in [5.41, 5.74) is 13.6. The molecule has 4 nitrogen and oxygen atoms in total. The highest BCUT2D eigenvalue weighted by molar-refractivity contribution is 5.60. The molecule has 0 saturated carbocycles. The molecule has 0 atom stereocenters. The molecule has 0 bridgehead atoms. The molecule has 0 aliphatic carbocycles. The minimum Gasteiger partial charge on any atom is -0.507 e. The first-order chi connectivity index (χ1) is 8.60. The average Bonchev–Trinajstić information content (AvgIpc) is 2.39. The zero-order valence-corrected chi connectivity index (χ0v) is 11.2. The zero-order chi connectivity index (χ0) is 13.5. The Balaban J connectivity index is 2.93. The van der Waals surface area contributed by atoms with Crippen LogP contribution in [0.4, 0.5) is 0 Å². The van der Waals surface area contributed by atoms with E-state index >= 15 is 0 Å². The molecule has 0 aromatic heterocycles. The van der Waals surface area contributed by atoms with Crippen LogP contribution >= 0.6 is 0 Å². The van der Waals surface area contributed by atoms with Crippen LogP contribution in [0, 0.1) is 0 Å². The molecule has 0 fully saturated rings. The number of nitrogens with two attached hydrogens (primary N) is 2. The van der Waals surface area contributed by atoms with Crippen molar-refractivity contribution in [3.63, 3.8) is 0 Å². The molecule has 0 heterocycles. The van der Waals surface area contributed by atoms with E-state index in [9.17, 15) is 5.11 Å². The molecule has 100 valence electrons. The minimum absolute atomic E-state index is 0.231. The largest absolute Gasteiger partial charge is 0.507 e. The second kappa shape index (κ2) is 7.03. The van der Waals surface area contributed by atoms with Crippen molar-refractivity contribution >= 4 is 6.08 Å². The van der Waals surface area contributed by atoms with Crippen molar-refractivity contribution in [2.24, 2.45) is 11.5 Å². The summed E-state index contributed by atoms with van der Waals surface area (Å²) >= 11 is 0. The molecule has 1 aromatic carbocycles. The van der Waals surface area contributed by atoms with Gasteiger partial charge in [-0.3, -0.25) is 4.90 Å². The molecular weight excluding hydrogens is 226 g/mol. The van der Waals surface area contributed by atoms with E-state index in [2.05, 4.69) is 18.7 Å². The summed E-state index contributed by atoms with van der Waals surface area (Å²) in [7, 11) is 0. The molecule has 5 N–H and O–H groups in total. The number of hydrogen-bond acceptors (Lipinski definition) is 4. The van der Waals surface area contributed by atoms with E-state index < -0.39 is 0 Å². The summed E-state index contributed by atoms with van der Waals surface area (Å²) < 4.78 is 0. The molecular formula is C14H23N3O. The summed E-state index contributed by atoms with van der Waals surface area (Å²) in [6.45, 7) is 7.45. The van der Waals surface area contributed by atoms with Crippen LogP contribution in [0.1, 0.15) is 25.0 Å². The lowest BCUT2D eigenvalue weighted by Gasteiger charge is -2.18. The van der Waals surface area contributed by atoms with Crippen molar-refractivity contribution in [1.82, 2.24) is 4.90 Å². The van der Waals surface area contributed by atoms with Gasteiger partial charge in [0.1, 0.15) is 5.75 Å². The fourth-order valence-electron chi connectivity index (χ4n) is 1.78. The molecule has 1 aromatic rings. The Hall–Kier alpha value is -1.52. The lowest BCUT2D eigenvalue weighted by atomic mass is 10.1. The van der Waals surface area contributed by atoms with Crippen LogP contribution in [-0.4, -0.2) is 29.6 Å². The SMILES string of the molecule is CCN(CC)Cc1ccc(O)c(C=C(N)CN)c1. The van der Waals surface area contributed by atoms with Gasteiger partial charge in [0.05, 0.1) is 0 Å². The van der Waals surface area contributed by atoms with Crippen LogP contribution in [-0.2, 0) is 6.54 Å². The Kier molecular flexibility index (Phi) is 5.68. The number of phenolic OH excluding ortho intramolecular Hbond substituents is 1. The molecule has 0 aliphatic heterocycles. The van der Waals surface area contributed by atoms with Gasteiger partial charge in [-0.25, -0.2) is 0 Å². The van der Waals surface area contributed by atoms with Crippen molar-refractivity contribution in [1.29, 1.82) is 0 Å². The Labute approximate surface area is 109 Å². The van der Waals surface area contributed by atoms with Gasteiger partial charge in [0.2, 0.25) is 0 Å². The molecule has 0 aliphatic rings. The maximum Gasteiger partial charge on any atom is 0.122 e. The maximum atomic E-state index is 9.77. The standard InChI is InChI=1S/C14H23N3O/c1-3-17(4-2)10-11-5-6-14(18)12(7-11)8-13(16)9-15/h5-8,18H,3-4,9-10,15-16H2,1-2H3. The van der Waals surface area contributed by atoms with Gasteiger partial charge >= 0.3 is 0 Å². The predicted molar refractivity (Wildman–Crippen MR) is 76.0 cm³/mol. The lowest BCUT2D eigenvalue weighted by Crippen LogP contribution is -2.22. The number of benzene rings is 1. The molecule has 0 unspecified atom stereocenters. The van der Waals surface area contributed by atoms with E-state index in [-0.39, 0.29) is 5.75 Å². The quantitative estimate of drug-likeness (QED) is 0.714. The molecule has 0 amide bonds. The summed E-state index contributed by atoms with van der Waals surface area (Å²) in [4.78, 5) is 2.31. The van der Waals surface area contributed by atoms with Gasteiger partial charge in [-0.1, -0.05) is 19.9 Å². The fraction of sp³-hybridized carbons (Fsp3) is 0.429. The van der Waals surface area contributed by atoms with Gasteiger partial charge in [0, 0.05) is 24.4 Å². The van der Waals surface area contributed by atoms with Gasteiger partial charge in [-0.2, -0.15) is 0 Å². The number of aromatic hydroxyl groups is 1. The van der Waals surface area contributed by atoms with Crippen molar-refractivity contribution in [3.05, 3.63) is 35.0 Å². The minimum atomic E-state index is 0.231. The van der Waals surface area contributed by atoms with Gasteiger partial charge < -0.3 is 16.6 Å². The average molecular weight is 249 g/mol. The third kappa shape index (κ3) is 4.05. The highest BCUT2D eigenvalue weighted by Gasteiger charge is 2.04. The Morgan fingerprint density at radius 2 is 2.00 bits per heavy atom. The Bertz CT molecular complexity index is 412. The summed E-state index contributed by atoms with van der Waals surface area (Å²) in [6, 6.07) is 5.59. The molecule has 0 spiro atoms. The monoisotopic (exact) mass is 249 g/mol. The van der Waals surface area contributed by atoms with Crippen LogP contribution in [0.25, 0.3) is 6.08 Å². The van der Waals surface area contributed by atoms with E-state index in [1.165, 1.54) is 0 Å². The summed E-state index contributed by atoms with van der Waals surface area (Å²) in [5.74, 6) is 0.231. The molecule has 18 heavy (non-hydrogen) atoms. The van der Waals surface area contributed by atoms with Gasteiger partial charge in [0.15, 0.2) is 0 Å². The Morgan fingerprint density at radius 1 is 1.33 bits per heavy atom. The highest BCUT2D eigenvalue weighted by atomic mass is 16.3. The van der Waals surface area contributed by atoms with E-state index in [1.54, 1.807) is 12.1 Å². The van der Waals surface area contributed by atoms with Crippen molar-refractivity contribution < 1.29 is 5.11 Å². The van der Waals surface area contributed by atoms with Crippen LogP contribution in [0.2, 0.25) is 0 Å². The molecule has 0 saturated heterocycles. The molecule has 4 heteroatoms. The van der Waals surface area contributed by atoms with E-state index in [4.69, 9.17) is 11.5 Å². The summed E-state index contributed by atoms with van der Waals surface area (Å²) in [6.07, 6.45) is 1.72. The summed E-state index contributed by atoms with van der Waals surface area (Å²) in [5, 5.41) is 9.77. The van der Waals surface area contributed by atoms with Crippen molar-refractivity contribution in [3.8, 4) is 5.75 Å². The van der Waals surface area contributed by atoms with E-state index in [0.29, 0.717) is 12.2 Å². The molecule has 1 rings (SSSR count). The van der Waals surface area contributed by atoms with Crippen LogP contribution < -0.4 is 11.5 Å². The number of rotatable bonds is 6. The third-order valence-electron chi connectivity index (χ3n) is 2.97. The first kappa shape index (κ1) is 14.5. The van der Waals surface area contributed by atoms with Gasteiger partial charge in [-0.15, -0.1) is 0 Å². The normalized spacial score (nSPS) is 12.1. The van der Waals surface area contributed by atoms with Crippen molar-refractivity contribution in [2.45, 2.75) is 20.4 Å². The second-order valence-corrected chi connectivity index (χ2v) is 4.28. The van der Waals surface area contributed by atoms with Crippen molar-refractivity contribution in [2.75, 3.05) is 19.6 Å². The smallest absolute Gasteiger partial charge is 0.122 e. The lowest BCUT2D eigenvalue weighted by molar-refractivity contribution is 0.295. The molecule has 0 radical (unpaired) electrons. The Morgan fingerprint density at radius 3 is 2.56 bits per heavy atom. The van der Waals surface area contributed by atoms with Gasteiger partial charge in [-0.05, 0) is 36.9 Å². The van der Waals surface area contributed by atoms with E-state index in [0.717, 1.165) is 30.8 Å². The first-order valence-electron chi connectivity index (χ1n) is 6.31.